The van der Waals surface area contributed by atoms with E-state index in [1.807, 2.05) is 24.7 Å². The number of amides is 2. The molecule has 1 saturated heterocycles. The average molecular weight is 412 g/mol. The Hall–Kier alpha value is -0.930. The van der Waals surface area contributed by atoms with E-state index in [2.05, 4.69) is 15.2 Å². The summed E-state index contributed by atoms with van der Waals surface area (Å²) in [5, 5.41) is 4.68. The largest absolute Gasteiger partial charge is 0.346 e. The van der Waals surface area contributed by atoms with Crippen LogP contribution in [0.25, 0.3) is 0 Å². The minimum atomic E-state index is -0.572. The molecule has 3 N–H and O–H groups in total. The van der Waals surface area contributed by atoms with E-state index in [1.54, 1.807) is 16.2 Å². The van der Waals surface area contributed by atoms with E-state index >= 15 is 0 Å². The van der Waals surface area contributed by atoms with Crippen LogP contribution in [0, 0.1) is 5.92 Å². The van der Waals surface area contributed by atoms with Crippen molar-refractivity contribution in [3.8, 4) is 0 Å². The van der Waals surface area contributed by atoms with Crippen LogP contribution in [0.1, 0.15) is 19.5 Å². The lowest BCUT2D eigenvalue weighted by molar-refractivity contribution is -0.134. The number of piperazine rings is 1. The number of carbonyl (C=O) groups is 2. The fraction of sp³-hybridized carbons (Fsp3) is 0.667. The van der Waals surface area contributed by atoms with Crippen LogP contribution in [0.5, 0.6) is 0 Å². The number of nitrogens with one attached hydrogen (secondary N) is 1. The van der Waals surface area contributed by atoms with E-state index < -0.39 is 6.04 Å². The Labute approximate surface area is 165 Å². The fourth-order valence-electron chi connectivity index (χ4n) is 2.40. The van der Waals surface area contributed by atoms with Crippen molar-refractivity contribution in [1.29, 1.82) is 0 Å². The van der Waals surface area contributed by atoms with Gasteiger partial charge in [-0.2, -0.15) is 0 Å². The van der Waals surface area contributed by atoms with Crippen LogP contribution in [0.4, 0.5) is 0 Å². The van der Waals surface area contributed by atoms with Gasteiger partial charge in [-0.3, -0.25) is 14.5 Å². The maximum Gasteiger partial charge on any atom is 0.242 e. The smallest absolute Gasteiger partial charge is 0.242 e. The van der Waals surface area contributed by atoms with Crippen molar-refractivity contribution in [2.24, 2.45) is 11.7 Å². The Balaban J connectivity index is 0.00000288. The highest BCUT2D eigenvalue weighted by Gasteiger charge is 2.23. The predicted molar refractivity (Wildman–Crippen MR) is 104 cm³/mol. The second-order valence-electron chi connectivity index (χ2n) is 6.12. The molecular formula is C15H27Cl2N5O2S. The van der Waals surface area contributed by atoms with Crippen LogP contribution >= 0.6 is 36.2 Å². The van der Waals surface area contributed by atoms with Crippen LogP contribution < -0.4 is 11.1 Å². The monoisotopic (exact) mass is 411 g/mol. The normalized spacial score (nSPS) is 15.9. The summed E-state index contributed by atoms with van der Waals surface area (Å²) in [5.41, 5.74) is 8.67. The van der Waals surface area contributed by atoms with Gasteiger partial charge < -0.3 is 16.0 Å². The molecule has 144 valence electrons. The van der Waals surface area contributed by atoms with Crippen LogP contribution in [0.15, 0.2) is 10.9 Å². The minimum Gasteiger partial charge on any atom is -0.346 e. The van der Waals surface area contributed by atoms with Crippen molar-refractivity contribution in [2.75, 3.05) is 32.7 Å². The molecule has 2 heterocycles. The molecule has 1 atom stereocenters. The van der Waals surface area contributed by atoms with E-state index in [-0.39, 0.29) is 49.1 Å². The van der Waals surface area contributed by atoms with E-state index in [0.717, 1.165) is 25.3 Å². The summed E-state index contributed by atoms with van der Waals surface area (Å²) in [4.78, 5) is 32.3. The van der Waals surface area contributed by atoms with E-state index in [4.69, 9.17) is 5.73 Å². The molecule has 1 fully saturated rings. The van der Waals surface area contributed by atoms with Crippen LogP contribution in [0.3, 0.4) is 0 Å². The predicted octanol–water partition coefficient (Wildman–Crippen LogP) is 0.730. The summed E-state index contributed by atoms with van der Waals surface area (Å²) in [6.45, 7) is 7.60. The zero-order valence-electron chi connectivity index (χ0n) is 14.5. The minimum absolute atomic E-state index is 0. The molecule has 2 amide bonds. The molecule has 0 aliphatic carbocycles. The quantitative estimate of drug-likeness (QED) is 0.719. The molecule has 0 saturated carbocycles. The second-order valence-corrected chi connectivity index (χ2v) is 6.84. The van der Waals surface area contributed by atoms with Crippen LogP contribution in [-0.4, -0.2) is 65.4 Å². The van der Waals surface area contributed by atoms with Crippen molar-refractivity contribution in [3.05, 3.63) is 16.6 Å². The molecule has 0 spiro atoms. The lowest BCUT2D eigenvalue weighted by Gasteiger charge is -2.34. The van der Waals surface area contributed by atoms with Crippen molar-refractivity contribution >= 4 is 48.0 Å². The molecule has 25 heavy (non-hydrogen) atoms. The molecule has 1 aliphatic rings. The lowest BCUT2D eigenvalue weighted by atomic mass is 10.1. The number of hydrogen-bond acceptors (Lipinski definition) is 6. The van der Waals surface area contributed by atoms with Gasteiger partial charge in [0.1, 0.15) is 0 Å². The Morgan fingerprint density at radius 2 is 1.92 bits per heavy atom. The zero-order chi connectivity index (χ0) is 16.8. The number of halogens is 2. The van der Waals surface area contributed by atoms with E-state index in [9.17, 15) is 9.59 Å². The van der Waals surface area contributed by atoms with Gasteiger partial charge in [-0.05, 0) is 5.92 Å². The average Bonchev–Trinajstić information content (AvgIpc) is 3.05. The van der Waals surface area contributed by atoms with E-state index in [1.165, 1.54) is 0 Å². The van der Waals surface area contributed by atoms with Gasteiger partial charge in [-0.25, -0.2) is 4.98 Å². The summed E-state index contributed by atoms with van der Waals surface area (Å²) >= 11 is 1.59. The number of thiazole rings is 1. The third kappa shape index (κ3) is 7.45. The molecular weight excluding hydrogens is 385 g/mol. The number of nitrogens with zero attached hydrogens (tertiary/aromatic N) is 3. The molecule has 1 aromatic heterocycles. The highest BCUT2D eigenvalue weighted by molar-refractivity contribution is 7.07. The van der Waals surface area contributed by atoms with Gasteiger partial charge in [0, 0.05) is 38.1 Å². The summed E-state index contributed by atoms with van der Waals surface area (Å²) in [6, 6.07) is -0.572. The van der Waals surface area contributed by atoms with Gasteiger partial charge >= 0.3 is 0 Å². The number of aromatic nitrogens is 1. The fourth-order valence-corrected chi connectivity index (χ4v) is 2.94. The number of carbonyl (C=O) groups excluding carboxylic acids is 2. The molecule has 0 radical (unpaired) electrons. The SMILES string of the molecule is CC(C)[C@H](N)C(=O)NCC(=O)N1CCN(Cc2cscn2)CC1.Cl.Cl. The van der Waals surface area contributed by atoms with Crippen molar-refractivity contribution < 1.29 is 9.59 Å². The van der Waals surface area contributed by atoms with Gasteiger partial charge in [-0.15, -0.1) is 36.2 Å². The van der Waals surface area contributed by atoms with Crippen molar-refractivity contribution in [3.63, 3.8) is 0 Å². The highest BCUT2D eigenvalue weighted by atomic mass is 35.5. The summed E-state index contributed by atoms with van der Waals surface area (Å²) in [6.07, 6.45) is 0. The molecule has 1 aromatic rings. The number of rotatable bonds is 6. The topological polar surface area (TPSA) is 91.6 Å². The molecule has 1 aliphatic heterocycles. The standard InChI is InChI=1S/C15H25N5O2S.2ClH/c1-11(2)14(16)15(22)17-7-13(21)20-5-3-19(4-6-20)8-12-9-23-10-18-12;;/h9-11,14H,3-8,16H2,1-2H3,(H,17,22);2*1H/t14-;;/m0../s1. The molecule has 10 heteroatoms. The molecule has 0 aromatic carbocycles. The lowest BCUT2D eigenvalue weighted by Crippen LogP contribution is -2.52. The first-order chi connectivity index (χ1) is 11.0. The summed E-state index contributed by atoms with van der Waals surface area (Å²) in [7, 11) is 0. The first kappa shape index (κ1) is 24.1. The first-order valence-corrected chi connectivity index (χ1v) is 8.82. The first-order valence-electron chi connectivity index (χ1n) is 7.88. The third-order valence-electron chi connectivity index (χ3n) is 4.03. The van der Waals surface area contributed by atoms with Gasteiger partial charge in [-0.1, -0.05) is 13.8 Å². The number of nitrogens with two attached hydrogens (primary N) is 1. The van der Waals surface area contributed by atoms with E-state index in [0.29, 0.717) is 13.1 Å². The van der Waals surface area contributed by atoms with Gasteiger partial charge in [0.2, 0.25) is 11.8 Å². The van der Waals surface area contributed by atoms with Crippen LogP contribution in [0.2, 0.25) is 0 Å². The van der Waals surface area contributed by atoms with Gasteiger partial charge in [0.25, 0.3) is 0 Å². The van der Waals surface area contributed by atoms with Crippen LogP contribution in [-0.2, 0) is 16.1 Å². The Morgan fingerprint density at radius 3 is 2.44 bits per heavy atom. The third-order valence-corrected chi connectivity index (χ3v) is 4.66. The Kier molecular flexibility index (Phi) is 11.2. The molecule has 0 bridgehead atoms. The van der Waals surface area contributed by atoms with Crippen molar-refractivity contribution in [1.82, 2.24) is 20.1 Å². The number of hydrogen-bond donors (Lipinski definition) is 2. The van der Waals surface area contributed by atoms with Crippen molar-refractivity contribution in [2.45, 2.75) is 26.4 Å². The molecule has 2 rings (SSSR count). The molecule has 0 unspecified atom stereocenters. The zero-order valence-corrected chi connectivity index (χ0v) is 17.0. The maximum absolute atomic E-state index is 12.2. The van der Waals surface area contributed by atoms with Gasteiger partial charge in [0.15, 0.2) is 0 Å². The Morgan fingerprint density at radius 1 is 1.28 bits per heavy atom. The van der Waals surface area contributed by atoms with Gasteiger partial charge in [0.05, 0.1) is 23.8 Å². The highest BCUT2D eigenvalue weighted by Crippen LogP contribution is 2.09. The Bertz CT molecular complexity index is 522. The second kappa shape index (κ2) is 11.6. The maximum atomic E-state index is 12.2. The summed E-state index contributed by atoms with van der Waals surface area (Å²) in [5.74, 6) is -0.266. The summed E-state index contributed by atoms with van der Waals surface area (Å²) < 4.78 is 0. The molecule has 7 nitrogen and oxygen atoms in total.